The summed E-state index contributed by atoms with van der Waals surface area (Å²) in [4.78, 5) is 123. The van der Waals surface area contributed by atoms with Gasteiger partial charge in [-0.2, -0.15) is 0 Å². The Morgan fingerprint density at radius 1 is 0.670 bits per heavy atom. The summed E-state index contributed by atoms with van der Waals surface area (Å²) in [7, 11) is -1.16. The zero-order chi connectivity index (χ0) is 62.5. The van der Waals surface area contributed by atoms with Crippen LogP contribution in [0.3, 0.4) is 0 Å². The van der Waals surface area contributed by atoms with Crippen molar-refractivity contribution in [3.8, 4) is 11.5 Å². The smallest absolute Gasteiger partial charge is 0.395 e. The van der Waals surface area contributed by atoms with Crippen molar-refractivity contribution in [2.24, 2.45) is 11.1 Å². The Morgan fingerprint density at radius 2 is 1.24 bits per heavy atom. The number of unbranched alkanes of at least 4 members (excludes halogenated alkanes) is 2. The van der Waals surface area contributed by atoms with Gasteiger partial charge in [-0.3, -0.25) is 43.3 Å². The number of imide groups is 1. The lowest BCUT2D eigenvalue weighted by molar-refractivity contribution is -0.151. The first-order valence-electron chi connectivity index (χ1n) is 28.7. The highest BCUT2D eigenvalue weighted by molar-refractivity contribution is 7.18. The lowest BCUT2D eigenvalue weighted by atomic mass is 9.67. The van der Waals surface area contributed by atoms with Gasteiger partial charge >= 0.3 is 23.4 Å². The third-order valence-corrected chi connectivity index (χ3v) is 17.5. The number of carbonyl (C=O) groups excluding carboxylic acids is 9. The van der Waals surface area contributed by atoms with E-state index in [0.29, 0.717) is 70.5 Å². The molecule has 9 rings (SSSR count). The van der Waals surface area contributed by atoms with E-state index in [0.717, 1.165) is 26.8 Å². The molecule has 3 atom stereocenters. The van der Waals surface area contributed by atoms with Gasteiger partial charge < -0.3 is 51.2 Å². The van der Waals surface area contributed by atoms with E-state index in [9.17, 15) is 52.3 Å². The Labute approximate surface area is 519 Å². The fourth-order valence-corrected chi connectivity index (χ4v) is 12.5. The number of nitrogens with two attached hydrogens (primary N) is 1. The summed E-state index contributed by atoms with van der Waals surface area (Å²) in [5.74, 6) is -3.38. The molecule has 26 heteroatoms. The van der Waals surface area contributed by atoms with E-state index >= 15 is 0 Å². The maximum absolute atomic E-state index is 14.3. The highest BCUT2D eigenvalue weighted by Gasteiger charge is 2.51. The Balaban J connectivity index is 0.904. The van der Waals surface area contributed by atoms with Crippen LogP contribution < -0.4 is 51.2 Å². The van der Waals surface area contributed by atoms with Gasteiger partial charge in [0.25, 0.3) is 23.6 Å². The maximum atomic E-state index is 14.3. The maximum Gasteiger partial charge on any atom is 0.395 e. The molecule has 458 valence electrons. The number of nitrogens with zero attached hydrogens (tertiary/aromatic N) is 3. The molecule has 7 N–H and O–H groups in total. The van der Waals surface area contributed by atoms with Crippen LogP contribution in [0.25, 0.3) is 33.7 Å². The molecule has 0 unspecified atom stereocenters. The first-order valence-corrected chi connectivity index (χ1v) is 31.2. The number of amides is 10. The number of fused-ring (bicyclic) bond motifs is 6. The fraction of sp³-hybridized carbons (Fsp3) is 0.339. The third kappa shape index (κ3) is 14.4. The van der Waals surface area contributed by atoms with E-state index in [1.54, 1.807) is 46.2 Å². The standard InChI is InChI=1S/C62H63Cl2N9O13P2/c63-33-39-35-72(47-31-49(85-87-83)41-10-2-4-12-43(41)56(39)47)54(77)19-16-37-15-17-38(18-20-55(78)73-36-40(34-64)57-44-13-5-3-11-42(44)50(86-88-84)32-48(57)73)46(30-37)69-51(74)23-28-66-58(79)45(14-8-27-68-61(65)82)70-60(81)62(24-9-25-62)59(80)67-26-6-1-7-29-71-52(75)21-22-53(71)76/h2-5,10-13,15-22,30-32,39-40,45H,1,6-9,14,23-29,33-36H2,(H,66,79)(H,67,80)(H,69,74)(H,70,81)(H3,65,68,82)/b19-16+,20-18+/t39-,40-,45-/m1/s1. The Hall–Kier alpha value is -8.55. The Bertz CT molecular complexity index is 3690. The third-order valence-electron chi connectivity index (χ3n) is 16.2. The van der Waals surface area contributed by atoms with Gasteiger partial charge in [-0.1, -0.05) is 67.1 Å². The fourth-order valence-electron chi connectivity index (χ4n) is 11.6. The van der Waals surface area contributed by atoms with Gasteiger partial charge in [0.1, 0.15) is 23.0 Å². The molecular weight excluding hydrogens is 1210 g/mol. The van der Waals surface area contributed by atoms with Crippen LogP contribution in [0.15, 0.2) is 103 Å². The molecule has 0 radical (unpaired) electrons. The topological polar surface area (TPSA) is 302 Å². The molecule has 10 amide bonds. The van der Waals surface area contributed by atoms with Crippen LogP contribution >= 0.6 is 40.6 Å². The summed E-state index contributed by atoms with van der Waals surface area (Å²) < 4.78 is 34.3. The van der Waals surface area contributed by atoms with Gasteiger partial charge in [-0.15, -0.1) is 23.2 Å². The number of urea groups is 1. The Morgan fingerprint density at radius 3 is 1.78 bits per heavy atom. The van der Waals surface area contributed by atoms with E-state index in [4.69, 9.17) is 38.0 Å². The van der Waals surface area contributed by atoms with Gasteiger partial charge in [-0.25, -0.2) is 13.9 Å². The summed E-state index contributed by atoms with van der Waals surface area (Å²) in [6, 6.07) is 21.1. The quantitative estimate of drug-likeness (QED) is 0.00683. The van der Waals surface area contributed by atoms with Crippen molar-refractivity contribution in [1.82, 2.24) is 26.2 Å². The molecule has 4 aliphatic rings. The molecule has 5 aromatic rings. The molecule has 22 nitrogen and oxygen atoms in total. The average molecular weight is 1280 g/mol. The first kappa shape index (κ1) is 63.9. The first-order chi connectivity index (χ1) is 42.6. The number of rotatable bonds is 28. The lowest BCUT2D eigenvalue weighted by Gasteiger charge is -2.39. The molecule has 0 aromatic heterocycles. The summed E-state index contributed by atoms with van der Waals surface area (Å²) in [6.07, 6.45) is 10.9. The SMILES string of the molecule is NC(=O)NCCC[C@@H](NC(=O)C1(C(=O)NCCCCCN2C(=O)C=CC2=O)CCC1)C(=O)NCCC(=O)Nc1cc(/C=C/C(=O)N2C[C@@H](CCl)c3c2cc(OP=O)c2ccccc32)ccc1/C=C/C(=O)N1C[C@@H](CCl)c2c1cc(OP=O)c1ccccc21. The van der Waals surface area contributed by atoms with Crippen molar-refractivity contribution < 1.29 is 61.3 Å². The predicted octanol–water partition coefficient (Wildman–Crippen LogP) is 8.69. The zero-order valence-corrected chi connectivity index (χ0v) is 50.9. The van der Waals surface area contributed by atoms with Crippen LogP contribution in [-0.2, 0) is 47.5 Å². The van der Waals surface area contributed by atoms with Crippen LogP contribution in [0.1, 0.15) is 91.9 Å². The zero-order valence-electron chi connectivity index (χ0n) is 47.6. The number of anilines is 3. The summed E-state index contributed by atoms with van der Waals surface area (Å²) >= 11 is 13.0. The van der Waals surface area contributed by atoms with Gasteiger partial charge in [-0.05, 0) is 96.2 Å². The lowest BCUT2D eigenvalue weighted by Crippen LogP contribution is -2.59. The van der Waals surface area contributed by atoms with E-state index in [1.807, 2.05) is 48.5 Å². The van der Waals surface area contributed by atoms with Crippen molar-refractivity contribution in [2.75, 3.05) is 66.1 Å². The van der Waals surface area contributed by atoms with Crippen LogP contribution in [0.5, 0.6) is 11.5 Å². The average Bonchev–Trinajstić information content (AvgIpc) is 1.63. The Kier molecular flexibility index (Phi) is 21.4. The molecule has 0 bridgehead atoms. The van der Waals surface area contributed by atoms with Crippen molar-refractivity contribution in [2.45, 2.75) is 75.7 Å². The van der Waals surface area contributed by atoms with E-state index in [2.05, 4.69) is 26.6 Å². The molecule has 1 saturated carbocycles. The summed E-state index contributed by atoms with van der Waals surface area (Å²) in [5, 5.41) is 16.7. The minimum atomic E-state index is -1.44. The molecule has 3 aliphatic heterocycles. The minimum Gasteiger partial charge on any atom is -0.407 e. The number of halogens is 2. The number of hydrogen-bond donors (Lipinski definition) is 6. The number of benzene rings is 5. The second-order valence-corrected chi connectivity index (χ2v) is 22.9. The minimum absolute atomic E-state index is 0.0303. The van der Waals surface area contributed by atoms with Gasteiger partial charge in [0.05, 0.1) is 11.4 Å². The van der Waals surface area contributed by atoms with Crippen molar-refractivity contribution >= 4 is 145 Å². The molecule has 1 aliphatic carbocycles. The molecule has 1 fully saturated rings. The second-order valence-electron chi connectivity index (χ2n) is 21.6. The van der Waals surface area contributed by atoms with Gasteiger partial charge in [0.2, 0.25) is 23.6 Å². The summed E-state index contributed by atoms with van der Waals surface area (Å²) in [6.45, 7) is 0.840. The normalized spacial score (nSPS) is 16.9. The van der Waals surface area contributed by atoms with Crippen LogP contribution in [0.4, 0.5) is 21.9 Å². The van der Waals surface area contributed by atoms with Gasteiger partial charge in [0, 0.05) is 122 Å². The number of nitrogens with one attached hydrogen (secondary N) is 5. The van der Waals surface area contributed by atoms with Crippen molar-refractivity contribution in [3.05, 3.63) is 125 Å². The van der Waals surface area contributed by atoms with E-state index in [1.165, 1.54) is 30.4 Å². The monoisotopic (exact) mass is 1270 g/mol. The molecule has 0 saturated heterocycles. The largest absolute Gasteiger partial charge is 0.407 e. The van der Waals surface area contributed by atoms with E-state index < -0.39 is 70.3 Å². The number of hydrogen-bond acceptors (Lipinski definition) is 13. The molecule has 5 aromatic carbocycles. The van der Waals surface area contributed by atoms with Crippen LogP contribution in [0.2, 0.25) is 0 Å². The number of carbonyl (C=O) groups is 9. The van der Waals surface area contributed by atoms with Crippen molar-refractivity contribution in [3.63, 3.8) is 0 Å². The predicted molar refractivity (Wildman–Crippen MR) is 335 cm³/mol. The highest BCUT2D eigenvalue weighted by atomic mass is 35.5. The number of primary amides is 1. The number of alkyl halides is 2. The van der Waals surface area contributed by atoms with Crippen LogP contribution in [-0.4, -0.2) is 115 Å². The molecule has 0 spiro atoms. The second kappa shape index (κ2) is 29.4. The highest BCUT2D eigenvalue weighted by Crippen LogP contribution is 2.48. The van der Waals surface area contributed by atoms with E-state index in [-0.39, 0.29) is 112 Å². The van der Waals surface area contributed by atoms with Crippen molar-refractivity contribution in [1.29, 1.82) is 0 Å². The molecule has 3 heterocycles. The summed E-state index contributed by atoms with van der Waals surface area (Å²) in [5.41, 5.74) is 7.68. The molecular formula is C62H63Cl2N9O13P2. The molecule has 88 heavy (non-hydrogen) atoms. The van der Waals surface area contributed by atoms with Crippen LogP contribution in [0, 0.1) is 5.41 Å². The van der Waals surface area contributed by atoms with Gasteiger partial charge in [0.15, 0.2) is 0 Å².